The topological polar surface area (TPSA) is 41.7 Å². The van der Waals surface area contributed by atoms with Crippen LogP contribution in [0.2, 0.25) is 0 Å². The predicted molar refractivity (Wildman–Crippen MR) is 81.2 cm³/mol. The SMILES string of the molecule is Cc1cc(CN2CCCO[C@@H](CN3CCCCC3)C2)on1. The van der Waals surface area contributed by atoms with Gasteiger partial charge in [-0.05, 0) is 39.3 Å². The van der Waals surface area contributed by atoms with Crippen LogP contribution in [0.15, 0.2) is 10.6 Å². The zero-order valence-corrected chi connectivity index (χ0v) is 13.1. The molecule has 2 saturated heterocycles. The van der Waals surface area contributed by atoms with Crippen LogP contribution in [0.1, 0.15) is 37.1 Å². The number of ether oxygens (including phenoxy) is 1. The van der Waals surface area contributed by atoms with Crippen LogP contribution >= 0.6 is 0 Å². The van der Waals surface area contributed by atoms with Crippen molar-refractivity contribution < 1.29 is 9.26 Å². The Balaban J connectivity index is 1.52. The Hall–Kier alpha value is -0.910. The third-order valence-electron chi connectivity index (χ3n) is 4.40. The highest BCUT2D eigenvalue weighted by atomic mass is 16.5. The summed E-state index contributed by atoms with van der Waals surface area (Å²) >= 11 is 0. The molecule has 0 unspecified atom stereocenters. The third kappa shape index (κ3) is 4.53. The summed E-state index contributed by atoms with van der Waals surface area (Å²) in [6, 6.07) is 2.03. The number of nitrogens with zero attached hydrogens (tertiary/aromatic N) is 3. The molecule has 0 aliphatic carbocycles. The Labute approximate surface area is 127 Å². The van der Waals surface area contributed by atoms with Crippen LogP contribution in [0.5, 0.6) is 0 Å². The van der Waals surface area contributed by atoms with Gasteiger partial charge in [0.1, 0.15) is 0 Å². The van der Waals surface area contributed by atoms with Gasteiger partial charge in [0.2, 0.25) is 0 Å². The van der Waals surface area contributed by atoms with Gasteiger partial charge in [-0.25, -0.2) is 0 Å². The van der Waals surface area contributed by atoms with E-state index in [4.69, 9.17) is 9.26 Å². The monoisotopic (exact) mass is 293 g/mol. The number of piperidine rings is 1. The molecule has 2 aliphatic heterocycles. The summed E-state index contributed by atoms with van der Waals surface area (Å²) < 4.78 is 11.4. The highest BCUT2D eigenvalue weighted by molar-refractivity contribution is 5.03. The summed E-state index contributed by atoms with van der Waals surface area (Å²) in [5, 5.41) is 3.98. The smallest absolute Gasteiger partial charge is 0.150 e. The molecule has 1 aromatic heterocycles. The fourth-order valence-corrected chi connectivity index (χ4v) is 3.37. The lowest BCUT2D eigenvalue weighted by Crippen LogP contribution is -2.42. The van der Waals surface area contributed by atoms with Crippen LogP contribution in [0.3, 0.4) is 0 Å². The van der Waals surface area contributed by atoms with Gasteiger partial charge in [0.15, 0.2) is 5.76 Å². The van der Waals surface area contributed by atoms with Gasteiger partial charge < -0.3 is 14.2 Å². The molecule has 0 saturated carbocycles. The second-order valence-corrected chi connectivity index (χ2v) is 6.38. The minimum Gasteiger partial charge on any atom is -0.376 e. The van der Waals surface area contributed by atoms with E-state index in [0.29, 0.717) is 6.10 Å². The Bertz CT molecular complexity index is 429. The van der Waals surface area contributed by atoms with E-state index in [9.17, 15) is 0 Å². The average molecular weight is 293 g/mol. The first-order chi connectivity index (χ1) is 10.3. The van der Waals surface area contributed by atoms with Crippen molar-refractivity contribution in [3.63, 3.8) is 0 Å². The van der Waals surface area contributed by atoms with Crippen molar-refractivity contribution in [2.75, 3.05) is 39.3 Å². The fourth-order valence-electron chi connectivity index (χ4n) is 3.37. The van der Waals surface area contributed by atoms with E-state index < -0.39 is 0 Å². The molecule has 118 valence electrons. The van der Waals surface area contributed by atoms with Crippen LogP contribution < -0.4 is 0 Å². The van der Waals surface area contributed by atoms with Gasteiger partial charge in [-0.15, -0.1) is 0 Å². The molecule has 0 aromatic carbocycles. The van der Waals surface area contributed by atoms with E-state index in [0.717, 1.165) is 50.7 Å². The van der Waals surface area contributed by atoms with Crippen LogP contribution in [0, 0.1) is 6.92 Å². The maximum absolute atomic E-state index is 6.05. The van der Waals surface area contributed by atoms with Gasteiger partial charge in [-0.1, -0.05) is 11.6 Å². The molecule has 0 bridgehead atoms. The number of hydrogen-bond acceptors (Lipinski definition) is 5. The van der Waals surface area contributed by atoms with E-state index in [1.165, 1.54) is 32.4 Å². The minimum absolute atomic E-state index is 0.328. The van der Waals surface area contributed by atoms with Gasteiger partial charge in [0.25, 0.3) is 0 Å². The quantitative estimate of drug-likeness (QED) is 0.850. The molecular weight excluding hydrogens is 266 g/mol. The lowest BCUT2D eigenvalue weighted by molar-refractivity contribution is 0.0209. The normalized spacial score (nSPS) is 25.9. The summed E-state index contributed by atoms with van der Waals surface area (Å²) in [6.45, 7) is 9.32. The van der Waals surface area contributed by atoms with E-state index in [1.807, 2.05) is 13.0 Å². The Morgan fingerprint density at radius 2 is 1.95 bits per heavy atom. The second-order valence-electron chi connectivity index (χ2n) is 6.38. The summed E-state index contributed by atoms with van der Waals surface area (Å²) in [5.41, 5.74) is 0.959. The van der Waals surface area contributed by atoms with Crippen molar-refractivity contribution in [2.24, 2.45) is 0 Å². The third-order valence-corrected chi connectivity index (χ3v) is 4.40. The van der Waals surface area contributed by atoms with Crippen molar-refractivity contribution in [2.45, 2.75) is 45.3 Å². The van der Waals surface area contributed by atoms with Gasteiger partial charge in [0, 0.05) is 32.3 Å². The molecular formula is C16H27N3O2. The molecule has 5 nitrogen and oxygen atoms in total. The number of likely N-dealkylation sites (tertiary alicyclic amines) is 1. The molecule has 2 aliphatic rings. The molecule has 0 N–H and O–H groups in total. The zero-order valence-electron chi connectivity index (χ0n) is 13.1. The first-order valence-corrected chi connectivity index (χ1v) is 8.28. The Kier molecular flexibility index (Phi) is 5.27. The molecule has 3 heterocycles. The number of aromatic nitrogens is 1. The zero-order chi connectivity index (χ0) is 14.5. The van der Waals surface area contributed by atoms with Crippen LogP contribution in [0.4, 0.5) is 0 Å². The number of rotatable bonds is 4. The van der Waals surface area contributed by atoms with Gasteiger partial charge >= 0.3 is 0 Å². The first kappa shape index (κ1) is 15.0. The molecule has 2 fully saturated rings. The van der Waals surface area contributed by atoms with Crippen molar-refractivity contribution >= 4 is 0 Å². The summed E-state index contributed by atoms with van der Waals surface area (Å²) in [6.07, 6.45) is 5.50. The van der Waals surface area contributed by atoms with Crippen molar-refractivity contribution in [3.05, 3.63) is 17.5 Å². The Morgan fingerprint density at radius 1 is 1.14 bits per heavy atom. The van der Waals surface area contributed by atoms with E-state index in [-0.39, 0.29) is 0 Å². The van der Waals surface area contributed by atoms with Crippen molar-refractivity contribution in [1.29, 1.82) is 0 Å². The number of aryl methyl sites for hydroxylation is 1. The van der Waals surface area contributed by atoms with E-state index >= 15 is 0 Å². The van der Waals surface area contributed by atoms with Crippen molar-refractivity contribution in [3.8, 4) is 0 Å². The Morgan fingerprint density at radius 3 is 2.71 bits per heavy atom. The predicted octanol–water partition coefficient (Wildman–Crippen LogP) is 2.06. The van der Waals surface area contributed by atoms with Crippen LogP contribution in [-0.2, 0) is 11.3 Å². The van der Waals surface area contributed by atoms with Gasteiger partial charge in [-0.3, -0.25) is 4.90 Å². The van der Waals surface area contributed by atoms with E-state index in [2.05, 4.69) is 15.0 Å². The molecule has 1 aromatic rings. The lowest BCUT2D eigenvalue weighted by Gasteiger charge is -2.31. The van der Waals surface area contributed by atoms with Gasteiger partial charge in [-0.2, -0.15) is 0 Å². The summed E-state index contributed by atoms with van der Waals surface area (Å²) in [7, 11) is 0. The number of hydrogen-bond donors (Lipinski definition) is 0. The molecule has 1 atom stereocenters. The van der Waals surface area contributed by atoms with Gasteiger partial charge in [0.05, 0.1) is 18.3 Å². The van der Waals surface area contributed by atoms with Crippen LogP contribution in [-0.4, -0.2) is 60.4 Å². The summed E-state index contributed by atoms with van der Waals surface area (Å²) in [5.74, 6) is 0.964. The molecule has 21 heavy (non-hydrogen) atoms. The lowest BCUT2D eigenvalue weighted by atomic mass is 10.1. The molecule has 0 amide bonds. The average Bonchev–Trinajstić information content (AvgIpc) is 2.76. The second kappa shape index (κ2) is 7.38. The largest absolute Gasteiger partial charge is 0.376 e. The molecule has 0 radical (unpaired) electrons. The maximum Gasteiger partial charge on any atom is 0.150 e. The molecule has 0 spiro atoms. The highest BCUT2D eigenvalue weighted by Crippen LogP contribution is 2.15. The highest BCUT2D eigenvalue weighted by Gasteiger charge is 2.23. The summed E-state index contributed by atoms with van der Waals surface area (Å²) in [4.78, 5) is 5.01. The fraction of sp³-hybridized carbons (Fsp3) is 0.812. The first-order valence-electron chi connectivity index (χ1n) is 8.28. The standard InChI is InChI=1S/C16H27N3O2/c1-14-10-15(21-17-14)11-19-8-5-9-20-16(13-19)12-18-6-3-2-4-7-18/h10,16H,2-9,11-13H2,1H3/t16-/m0/s1. The maximum atomic E-state index is 6.05. The molecule has 3 rings (SSSR count). The van der Waals surface area contributed by atoms with E-state index in [1.54, 1.807) is 0 Å². The van der Waals surface area contributed by atoms with Crippen LogP contribution in [0.25, 0.3) is 0 Å². The molecule has 5 heteroatoms. The minimum atomic E-state index is 0.328. The van der Waals surface area contributed by atoms with Crippen molar-refractivity contribution in [1.82, 2.24) is 15.0 Å².